The molecule has 0 radical (unpaired) electrons. The number of halogens is 1. The van der Waals surface area contributed by atoms with Crippen molar-refractivity contribution in [3.63, 3.8) is 0 Å². The first-order valence-electron chi connectivity index (χ1n) is 5.00. The maximum atomic E-state index is 10.1. The number of rotatable bonds is 2. The van der Waals surface area contributed by atoms with Gasteiger partial charge in [0.1, 0.15) is 0 Å². The topological polar surface area (TPSA) is 115 Å². The molecule has 0 aliphatic heterocycles. The smallest absolute Gasteiger partial charge is 0.306 e. The first-order valence-corrected chi connectivity index (χ1v) is 5.79. The molecular formula is C10H7ClN4O4S. The van der Waals surface area contributed by atoms with E-state index in [0.29, 0.717) is 0 Å². The highest BCUT2D eigenvalue weighted by molar-refractivity contribution is 7.71. The van der Waals surface area contributed by atoms with Crippen molar-refractivity contribution in [2.24, 2.45) is 0 Å². The lowest BCUT2D eigenvalue weighted by atomic mass is 10.4. The molecule has 0 saturated carbocycles. The summed E-state index contributed by atoms with van der Waals surface area (Å²) < 4.78 is 0.160. The molecule has 2 heterocycles. The van der Waals surface area contributed by atoms with E-state index >= 15 is 0 Å². The van der Waals surface area contributed by atoms with Gasteiger partial charge in [-0.05, 0) is 12.1 Å². The number of hydrogen-bond donors (Lipinski definition) is 1. The number of aromatic amines is 1. The third-order valence-electron chi connectivity index (χ3n) is 1.93. The highest BCUT2D eigenvalue weighted by atomic mass is 35.5. The number of nitrogens with zero attached hydrogens (tertiary/aromatic N) is 3. The van der Waals surface area contributed by atoms with Gasteiger partial charge in [0, 0.05) is 24.5 Å². The summed E-state index contributed by atoms with van der Waals surface area (Å²) in [5, 5.41) is 20.2. The molecule has 0 atom stereocenters. The second-order valence-corrected chi connectivity index (χ2v) is 3.98. The standard InChI is InChI=1S/C5H3ClN2O2.C5H4N2O2S/c6-5-4(8(9)10)2-1-3-7-5;8-7(9)4-2-1-3-6-5(4)10/h1-3H;1-3H,(H,6,10). The number of aromatic nitrogens is 2. The summed E-state index contributed by atoms with van der Waals surface area (Å²) in [6, 6.07) is 5.66. The first kappa shape index (κ1) is 15.7. The predicted molar refractivity (Wildman–Crippen MR) is 74.2 cm³/mol. The van der Waals surface area contributed by atoms with Gasteiger partial charge in [-0.2, -0.15) is 0 Å². The summed E-state index contributed by atoms with van der Waals surface area (Å²) in [6.45, 7) is 0. The van der Waals surface area contributed by atoms with Crippen molar-refractivity contribution in [2.45, 2.75) is 0 Å². The van der Waals surface area contributed by atoms with Crippen molar-refractivity contribution >= 4 is 35.2 Å². The quantitative estimate of drug-likeness (QED) is 0.393. The molecule has 0 amide bonds. The molecule has 2 rings (SSSR count). The van der Waals surface area contributed by atoms with Crippen LogP contribution in [0.1, 0.15) is 0 Å². The number of pyridine rings is 2. The van der Waals surface area contributed by atoms with Crippen LogP contribution in [0, 0.1) is 24.9 Å². The Bertz CT molecular complexity index is 691. The minimum atomic E-state index is -0.574. The van der Waals surface area contributed by atoms with Crippen LogP contribution in [-0.4, -0.2) is 19.8 Å². The van der Waals surface area contributed by atoms with Gasteiger partial charge in [0.15, 0.2) is 4.64 Å². The molecule has 20 heavy (non-hydrogen) atoms. The van der Waals surface area contributed by atoms with Gasteiger partial charge < -0.3 is 4.98 Å². The van der Waals surface area contributed by atoms with E-state index < -0.39 is 9.85 Å². The van der Waals surface area contributed by atoms with Gasteiger partial charge in [-0.15, -0.1) is 0 Å². The van der Waals surface area contributed by atoms with Crippen LogP contribution < -0.4 is 0 Å². The molecule has 0 spiro atoms. The van der Waals surface area contributed by atoms with Gasteiger partial charge in [0.25, 0.3) is 0 Å². The number of nitro groups is 2. The third kappa shape index (κ3) is 4.37. The fourth-order valence-corrected chi connectivity index (χ4v) is 1.47. The lowest BCUT2D eigenvalue weighted by Crippen LogP contribution is -1.89. The van der Waals surface area contributed by atoms with E-state index in [-0.39, 0.29) is 21.2 Å². The molecule has 0 aliphatic carbocycles. The molecule has 0 bridgehead atoms. The van der Waals surface area contributed by atoms with Crippen LogP contribution in [0.3, 0.4) is 0 Å². The van der Waals surface area contributed by atoms with Gasteiger partial charge in [-0.25, -0.2) is 4.98 Å². The van der Waals surface area contributed by atoms with Crippen LogP contribution in [0.2, 0.25) is 5.15 Å². The van der Waals surface area contributed by atoms with E-state index in [1.165, 1.54) is 30.5 Å². The zero-order valence-corrected chi connectivity index (χ0v) is 11.3. The summed E-state index contributed by atoms with van der Waals surface area (Å²) in [7, 11) is 0. The average Bonchev–Trinajstić information content (AvgIpc) is 2.40. The molecule has 0 aromatic carbocycles. The van der Waals surface area contributed by atoms with Crippen molar-refractivity contribution in [2.75, 3.05) is 0 Å². The van der Waals surface area contributed by atoms with Crippen molar-refractivity contribution in [3.8, 4) is 0 Å². The average molecular weight is 315 g/mol. The van der Waals surface area contributed by atoms with Gasteiger partial charge in [0.05, 0.1) is 9.85 Å². The Balaban J connectivity index is 0.000000200. The van der Waals surface area contributed by atoms with Crippen LogP contribution in [0.25, 0.3) is 0 Å². The number of H-pyrrole nitrogens is 1. The predicted octanol–water partition coefficient (Wildman–Crippen LogP) is 3.30. The minimum Gasteiger partial charge on any atom is -0.347 e. The fraction of sp³-hybridized carbons (Fsp3) is 0. The van der Waals surface area contributed by atoms with Gasteiger partial charge >= 0.3 is 11.4 Å². The Labute approximate surface area is 122 Å². The second kappa shape index (κ2) is 7.26. The molecule has 0 saturated heterocycles. The Morgan fingerprint density at radius 3 is 2.15 bits per heavy atom. The van der Waals surface area contributed by atoms with E-state index in [0.717, 1.165) is 0 Å². The van der Waals surface area contributed by atoms with E-state index in [4.69, 9.17) is 11.6 Å². The zero-order valence-electron chi connectivity index (χ0n) is 9.72. The molecule has 0 unspecified atom stereocenters. The Morgan fingerprint density at radius 2 is 1.75 bits per heavy atom. The maximum absolute atomic E-state index is 10.1. The van der Waals surface area contributed by atoms with E-state index in [1.807, 2.05) is 0 Å². The monoisotopic (exact) mass is 314 g/mol. The van der Waals surface area contributed by atoms with Gasteiger partial charge in [-0.3, -0.25) is 20.2 Å². The molecule has 2 aromatic rings. The van der Waals surface area contributed by atoms with Crippen LogP contribution in [-0.2, 0) is 0 Å². The lowest BCUT2D eigenvalue weighted by molar-refractivity contribution is -0.385. The Morgan fingerprint density at radius 1 is 1.15 bits per heavy atom. The van der Waals surface area contributed by atoms with E-state index in [1.54, 1.807) is 6.20 Å². The number of hydrogen-bond acceptors (Lipinski definition) is 6. The summed E-state index contributed by atoms with van der Waals surface area (Å²) in [6.07, 6.45) is 2.95. The SMILES string of the molecule is O=[N+]([O-])c1ccc[nH]c1=S.O=[N+]([O-])c1cccnc1Cl. The van der Waals surface area contributed by atoms with Gasteiger partial charge in [0.2, 0.25) is 5.15 Å². The van der Waals surface area contributed by atoms with Crippen molar-refractivity contribution in [3.05, 3.63) is 66.7 Å². The Kier molecular flexibility index (Phi) is 5.69. The molecule has 1 N–H and O–H groups in total. The van der Waals surface area contributed by atoms with Crippen molar-refractivity contribution in [1.29, 1.82) is 0 Å². The van der Waals surface area contributed by atoms with E-state index in [2.05, 4.69) is 22.2 Å². The molecule has 0 fully saturated rings. The van der Waals surface area contributed by atoms with Crippen LogP contribution in [0.4, 0.5) is 11.4 Å². The molecular weight excluding hydrogens is 308 g/mol. The molecule has 0 aliphatic rings. The summed E-state index contributed by atoms with van der Waals surface area (Å²) in [5.41, 5.74) is -0.221. The molecule has 2 aromatic heterocycles. The zero-order chi connectivity index (χ0) is 15.1. The second-order valence-electron chi connectivity index (χ2n) is 3.21. The summed E-state index contributed by atoms with van der Waals surface area (Å²) >= 11 is 10.00. The number of nitrogens with one attached hydrogen (secondary N) is 1. The fourth-order valence-electron chi connectivity index (χ4n) is 1.07. The largest absolute Gasteiger partial charge is 0.347 e. The minimum absolute atomic E-state index is 0.0579. The summed E-state index contributed by atoms with van der Waals surface area (Å²) in [5.74, 6) is 0. The van der Waals surface area contributed by atoms with Crippen molar-refractivity contribution < 1.29 is 9.85 Å². The van der Waals surface area contributed by atoms with Crippen molar-refractivity contribution in [1.82, 2.24) is 9.97 Å². The maximum Gasteiger partial charge on any atom is 0.306 e. The van der Waals surface area contributed by atoms with E-state index in [9.17, 15) is 20.2 Å². The lowest BCUT2D eigenvalue weighted by Gasteiger charge is -1.89. The molecule has 104 valence electrons. The molecule has 10 heteroatoms. The summed E-state index contributed by atoms with van der Waals surface area (Å²) in [4.78, 5) is 25.2. The Hall–Kier alpha value is -2.39. The molecule has 8 nitrogen and oxygen atoms in total. The first-order chi connectivity index (χ1) is 9.43. The van der Waals surface area contributed by atoms with Crippen LogP contribution >= 0.6 is 23.8 Å². The highest BCUT2D eigenvalue weighted by Gasteiger charge is 2.10. The van der Waals surface area contributed by atoms with Crippen LogP contribution in [0.15, 0.2) is 36.7 Å². The highest BCUT2D eigenvalue weighted by Crippen LogP contribution is 2.19. The van der Waals surface area contributed by atoms with Crippen LogP contribution in [0.5, 0.6) is 0 Å². The van der Waals surface area contributed by atoms with Gasteiger partial charge in [-0.1, -0.05) is 23.8 Å². The normalized spacial score (nSPS) is 9.25. The third-order valence-corrected chi connectivity index (χ3v) is 2.55.